The number of hydrogen-bond donors (Lipinski definition) is 1. The van der Waals surface area contributed by atoms with Crippen LogP contribution in [0.15, 0.2) is 64.8 Å². The molecule has 3 heterocycles. The highest BCUT2D eigenvalue weighted by atomic mass is 32.2. The number of nitrogens with zero attached hydrogens (tertiary/aromatic N) is 5. The van der Waals surface area contributed by atoms with Crippen molar-refractivity contribution >= 4 is 22.4 Å². The van der Waals surface area contributed by atoms with Crippen LogP contribution in [0, 0.1) is 0 Å². The Morgan fingerprint density at radius 2 is 2.00 bits per heavy atom. The average molecular weight is 505 g/mol. The molecule has 0 radical (unpaired) electrons. The lowest BCUT2D eigenvalue weighted by atomic mass is 9.70. The SMILES string of the molecule is CCOc1cncc(-c2ccc(NC(=O)C3(c4ccnc(S(C)=O)n4)CCc4oncc4C3)cc2)n1. The zero-order valence-electron chi connectivity index (χ0n) is 19.8. The summed E-state index contributed by atoms with van der Waals surface area (Å²) in [6, 6.07) is 9.07. The normalized spacial score (nSPS) is 17.7. The van der Waals surface area contributed by atoms with E-state index in [1.54, 1.807) is 30.9 Å². The van der Waals surface area contributed by atoms with Crippen LogP contribution in [-0.4, -0.2) is 48.1 Å². The van der Waals surface area contributed by atoms with Gasteiger partial charge in [-0.15, -0.1) is 0 Å². The number of carbonyl (C=O) groups is 1. The number of ether oxygens (including phenoxy) is 1. The predicted octanol–water partition coefficient (Wildman–Crippen LogP) is 3.12. The standard InChI is InChI=1S/C25H24N6O4S/c1-3-34-22-15-26-14-19(30-22)16-4-6-18(7-5-16)29-23(32)25(10-8-20-17(12-25)13-28-35-20)21-9-11-27-24(31-21)36(2)33/h4-7,9,11,13-15H,3,8,10,12H2,1-2H3,(H,29,32). The van der Waals surface area contributed by atoms with Gasteiger partial charge in [0.15, 0.2) is 0 Å². The molecule has 5 rings (SSSR count). The number of aromatic nitrogens is 5. The summed E-state index contributed by atoms with van der Waals surface area (Å²) in [5, 5.41) is 7.14. The van der Waals surface area contributed by atoms with Crippen LogP contribution >= 0.6 is 0 Å². The number of carbonyl (C=O) groups excluding carboxylic acids is 1. The predicted molar refractivity (Wildman–Crippen MR) is 132 cm³/mol. The molecular formula is C25H24N6O4S. The molecule has 2 atom stereocenters. The van der Waals surface area contributed by atoms with Crippen LogP contribution in [0.4, 0.5) is 5.69 Å². The van der Waals surface area contributed by atoms with E-state index in [0.29, 0.717) is 48.8 Å². The second-order valence-electron chi connectivity index (χ2n) is 8.42. The zero-order chi connectivity index (χ0) is 25.1. The molecule has 11 heteroatoms. The fourth-order valence-corrected chi connectivity index (χ4v) is 4.77. The Morgan fingerprint density at radius 3 is 2.78 bits per heavy atom. The molecule has 1 aliphatic rings. The molecule has 1 aliphatic carbocycles. The summed E-state index contributed by atoms with van der Waals surface area (Å²) in [4.78, 5) is 31.1. The Morgan fingerprint density at radius 1 is 1.17 bits per heavy atom. The van der Waals surface area contributed by atoms with Crippen LogP contribution < -0.4 is 10.1 Å². The first-order valence-electron chi connectivity index (χ1n) is 11.4. The third-order valence-corrected chi connectivity index (χ3v) is 6.87. The van der Waals surface area contributed by atoms with Gasteiger partial charge >= 0.3 is 0 Å². The van der Waals surface area contributed by atoms with Gasteiger partial charge in [-0.25, -0.2) is 15.0 Å². The highest BCUT2D eigenvalue weighted by molar-refractivity contribution is 7.84. The summed E-state index contributed by atoms with van der Waals surface area (Å²) in [5.41, 5.74) is 2.52. The molecule has 1 amide bonds. The van der Waals surface area contributed by atoms with E-state index in [1.165, 1.54) is 6.26 Å². The minimum Gasteiger partial charge on any atom is -0.477 e. The van der Waals surface area contributed by atoms with Gasteiger partial charge in [0.05, 0.1) is 52.8 Å². The molecule has 0 aliphatic heterocycles. The van der Waals surface area contributed by atoms with Gasteiger partial charge in [0.1, 0.15) is 5.76 Å². The first kappa shape index (κ1) is 23.7. The van der Waals surface area contributed by atoms with Crippen molar-refractivity contribution in [2.75, 3.05) is 18.2 Å². The maximum absolute atomic E-state index is 13.8. The lowest BCUT2D eigenvalue weighted by Gasteiger charge is -2.34. The van der Waals surface area contributed by atoms with Gasteiger partial charge in [0.2, 0.25) is 16.9 Å². The largest absolute Gasteiger partial charge is 0.477 e. The third kappa shape index (κ3) is 4.61. The van der Waals surface area contributed by atoms with E-state index >= 15 is 0 Å². The van der Waals surface area contributed by atoms with Crippen LogP contribution in [-0.2, 0) is 33.9 Å². The Hall–Kier alpha value is -3.99. The topological polar surface area (TPSA) is 133 Å². The molecule has 184 valence electrons. The van der Waals surface area contributed by atoms with Crippen LogP contribution in [0.5, 0.6) is 5.88 Å². The molecule has 0 spiro atoms. The molecule has 3 aromatic heterocycles. The van der Waals surface area contributed by atoms with Crippen LogP contribution in [0.3, 0.4) is 0 Å². The number of aryl methyl sites for hydroxylation is 1. The van der Waals surface area contributed by atoms with Crippen molar-refractivity contribution < 1.29 is 18.3 Å². The molecule has 0 fully saturated rings. The number of fused-ring (bicyclic) bond motifs is 1. The summed E-state index contributed by atoms with van der Waals surface area (Å²) < 4.78 is 22.8. The van der Waals surface area contributed by atoms with Crippen LogP contribution in [0.25, 0.3) is 11.3 Å². The van der Waals surface area contributed by atoms with Crippen molar-refractivity contribution in [2.24, 2.45) is 0 Å². The smallest absolute Gasteiger partial charge is 0.236 e. The maximum Gasteiger partial charge on any atom is 0.236 e. The van der Waals surface area contributed by atoms with E-state index in [9.17, 15) is 9.00 Å². The highest BCUT2D eigenvalue weighted by Crippen LogP contribution is 2.39. The third-order valence-electron chi connectivity index (χ3n) is 6.16. The molecule has 36 heavy (non-hydrogen) atoms. The number of anilines is 1. The van der Waals surface area contributed by atoms with Gasteiger partial charge in [0, 0.05) is 35.7 Å². The van der Waals surface area contributed by atoms with E-state index in [2.05, 4.69) is 30.4 Å². The maximum atomic E-state index is 13.8. The second-order valence-corrected chi connectivity index (χ2v) is 9.69. The van der Waals surface area contributed by atoms with Gasteiger partial charge in [-0.2, -0.15) is 0 Å². The summed E-state index contributed by atoms with van der Waals surface area (Å²) in [6.07, 6.45) is 9.29. The molecule has 1 N–H and O–H groups in total. The van der Waals surface area contributed by atoms with E-state index in [-0.39, 0.29) is 11.1 Å². The van der Waals surface area contributed by atoms with Gasteiger partial charge in [0.25, 0.3) is 0 Å². The Bertz CT molecular complexity index is 1420. The Labute approximate surface area is 210 Å². The van der Waals surface area contributed by atoms with Crippen molar-refractivity contribution in [3.05, 3.63) is 72.1 Å². The Kier molecular flexibility index (Phi) is 6.55. The minimum atomic E-state index is -1.38. The molecule has 4 aromatic rings. The van der Waals surface area contributed by atoms with Crippen LogP contribution in [0.2, 0.25) is 0 Å². The van der Waals surface area contributed by atoms with Crippen molar-refractivity contribution in [3.63, 3.8) is 0 Å². The number of rotatable bonds is 7. The molecule has 10 nitrogen and oxygen atoms in total. The number of nitrogens with one attached hydrogen (secondary N) is 1. The lowest BCUT2D eigenvalue weighted by molar-refractivity contribution is -0.122. The van der Waals surface area contributed by atoms with E-state index < -0.39 is 16.2 Å². The highest BCUT2D eigenvalue weighted by Gasteiger charge is 2.45. The number of benzene rings is 1. The van der Waals surface area contributed by atoms with Gasteiger partial charge in [-0.1, -0.05) is 17.3 Å². The summed E-state index contributed by atoms with van der Waals surface area (Å²) in [7, 11) is -1.38. The van der Waals surface area contributed by atoms with Crippen LogP contribution in [0.1, 0.15) is 30.4 Å². The number of hydrogen-bond acceptors (Lipinski definition) is 9. The molecular weight excluding hydrogens is 480 g/mol. The summed E-state index contributed by atoms with van der Waals surface area (Å²) >= 11 is 0. The van der Waals surface area contributed by atoms with E-state index in [1.807, 2.05) is 31.2 Å². The van der Waals surface area contributed by atoms with Gasteiger partial charge in [-0.3, -0.25) is 14.0 Å². The first-order chi connectivity index (χ1) is 17.5. The number of amides is 1. The van der Waals surface area contributed by atoms with Crippen molar-refractivity contribution in [1.82, 2.24) is 25.1 Å². The van der Waals surface area contributed by atoms with Crippen molar-refractivity contribution in [2.45, 2.75) is 36.8 Å². The molecule has 1 aromatic carbocycles. The monoisotopic (exact) mass is 504 g/mol. The van der Waals surface area contributed by atoms with Gasteiger partial charge in [-0.05, 0) is 38.0 Å². The molecule has 0 bridgehead atoms. The van der Waals surface area contributed by atoms with Crippen molar-refractivity contribution in [3.8, 4) is 17.1 Å². The molecule has 2 unspecified atom stereocenters. The zero-order valence-corrected chi connectivity index (χ0v) is 20.6. The Balaban J connectivity index is 1.44. The average Bonchev–Trinajstić information content (AvgIpc) is 3.37. The van der Waals surface area contributed by atoms with Gasteiger partial charge < -0.3 is 14.6 Å². The summed E-state index contributed by atoms with van der Waals surface area (Å²) in [6.45, 7) is 2.39. The summed E-state index contributed by atoms with van der Waals surface area (Å²) in [5.74, 6) is 1.01. The second kappa shape index (κ2) is 9.94. The quantitative estimate of drug-likeness (QED) is 0.377. The van der Waals surface area contributed by atoms with Crippen molar-refractivity contribution in [1.29, 1.82) is 0 Å². The molecule has 0 saturated heterocycles. The fraction of sp³-hybridized carbons (Fsp3) is 0.280. The minimum absolute atomic E-state index is 0.190. The van der Waals surface area contributed by atoms with E-state index in [4.69, 9.17) is 9.26 Å². The lowest BCUT2D eigenvalue weighted by Crippen LogP contribution is -2.45. The fourth-order valence-electron chi connectivity index (χ4n) is 4.33. The van der Waals surface area contributed by atoms with E-state index in [0.717, 1.165) is 16.9 Å². The first-order valence-corrected chi connectivity index (χ1v) is 13.0. The molecule has 0 saturated carbocycles.